The van der Waals surface area contributed by atoms with Gasteiger partial charge in [0.15, 0.2) is 0 Å². The Morgan fingerprint density at radius 3 is 2.57 bits per heavy atom. The normalized spacial score (nSPS) is 11.3. The van der Waals surface area contributed by atoms with Crippen LogP contribution in [0.25, 0.3) is 32.9 Å². The average molecular weight is 505 g/mol. The van der Waals surface area contributed by atoms with Gasteiger partial charge in [-0.25, -0.2) is 28.6 Å². The quantitative estimate of drug-likeness (QED) is 0.300. The highest BCUT2D eigenvalue weighted by molar-refractivity contribution is 5.89. The van der Waals surface area contributed by atoms with Gasteiger partial charge in [0.2, 0.25) is 5.95 Å². The first-order chi connectivity index (χ1) is 17.9. The topological polar surface area (TPSA) is 124 Å². The number of hydrogen-bond donors (Lipinski definition) is 3. The van der Waals surface area contributed by atoms with E-state index in [1.807, 2.05) is 0 Å². The van der Waals surface area contributed by atoms with Crippen LogP contribution in [-0.4, -0.2) is 51.6 Å². The summed E-state index contributed by atoms with van der Waals surface area (Å²) in [5, 5.41) is 17.3. The van der Waals surface area contributed by atoms with E-state index in [9.17, 15) is 19.1 Å². The van der Waals surface area contributed by atoms with E-state index in [0.717, 1.165) is 11.0 Å². The number of aromatic amines is 2. The van der Waals surface area contributed by atoms with E-state index in [2.05, 4.69) is 20.2 Å². The minimum Gasteiger partial charge on any atom is -0.465 e. The summed E-state index contributed by atoms with van der Waals surface area (Å²) in [5.41, 5.74) is 1.46. The van der Waals surface area contributed by atoms with Crippen LogP contribution < -0.4 is 10.5 Å². The van der Waals surface area contributed by atoms with E-state index in [4.69, 9.17) is 4.74 Å². The molecule has 2 aromatic heterocycles. The molecule has 11 heteroatoms. The van der Waals surface area contributed by atoms with Gasteiger partial charge in [0.05, 0.1) is 35.3 Å². The van der Waals surface area contributed by atoms with Crippen LogP contribution in [0.4, 0.5) is 19.5 Å². The number of methoxy groups -OCH3 is 1. The first-order valence-electron chi connectivity index (χ1n) is 11.3. The Labute approximate surface area is 208 Å². The summed E-state index contributed by atoms with van der Waals surface area (Å²) in [6.07, 6.45) is -0.979. The minimum atomic E-state index is -1.25. The number of anilines is 1. The number of imidazole rings is 1. The SMILES string of the molecule is COCCN(C(=O)O)c1nc2cc(-c3cc(Cc4n[nH]c(=O)c5ccccc45)ccc3F)c(F)cc2[nH]1. The highest BCUT2D eigenvalue weighted by Crippen LogP contribution is 2.31. The molecule has 0 aliphatic carbocycles. The zero-order chi connectivity index (χ0) is 26.1. The largest absolute Gasteiger partial charge is 0.465 e. The lowest BCUT2D eigenvalue weighted by Gasteiger charge is -2.14. The Balaban J connectivity index is 1.53. The van der Waals surface area contributed by atoms with Crippen molar-refractivity contribution in [2.45, 2.75) is 6.42 Å². The molecular formula is C26H21F2N5O4. The lowest BCUT2D eigenvalue weighted by atomic mass is 9.98. The standard InChI is InChI=1S/C26H21F2N5O4/c1-37-9-8-33(26(35)36)25-29-22-12-18(20(28)13-23(22)30-25)17-10-14(6-7-19(17)27)11-21-15-4-2-3-5-16(15)24(34)32-31-21/h2-7,10,12-13H,8-9,11H2,1H3,(H,29,30)(H,32,34)(H,35,36). The fourth-order valence-electron chi connectivity index (χ4n) is 4.21. The van der Waals surface area contributed by atoms with Gasteiger partial charge in [0, 0.05) is 36.1 Å². The maximum Gasteiger partial charge on any atom is 0.414 e. The van der Waals surface area contributed by atoms with Gasteiger partial charge >= 0.3 is 6.09 Å². The van der Waals surface area contributed by atoms with Gasteiger partial charge in [-0.2, -0.15) is 5.10 Å². The van der Waals surface area contributed by atoms with Crippen molar-refractivity contribution < 1.29 is 23.4 Å². The molecule has 0 saturated carbocycles. The van der Waals surface area contributed by atoms with Crippen LogP contribution in [0.2, 0.25) is 0 Å². The molecule has 0 fully saturated rings. The molecule has 5 rings (SSSR count). The van der Waals surface area contributed by atoms with Crippen molar-refractivity contribution in [3.05, 3.63) is 87.8 Å². The number of hydrogen-bond acceptors (Lipinski definition) is 5. The van der Waals surface area contributed by atoms with Crippen LogP contribution in [0.15, 0.2) is 59.4 Å². The lowest BCUT2D eigenvalue weighted by Crippen LogP contribution is -2.33. The summed E-state index contributed by atoms with van der Waals surface area (Å²) in [6.45, 7) is 0.158. The van der Waals surface area contributed by atoms with Crippen LogP contribution in [0.3, 0.4) is 0 Å². The first kappa shape index (κ1) is 24.1. The number of nitrogens with zero attached hydrogens (tertiary/aromatic N) is 3. The van der Waals surface area contributed by atoms with E-state index in [0.29, 0.717) is 22.0 Å². The van der Waals surface area contributed by atoms with Crippen LogP contribution in [0.5, 0.6) is 0 Å². The van der Waals surface area contributed by atoms with Gasteiger partial charge in [-0.15, -0.1) is 0 Å². The number of H-pyrrole nitrogens is 2. The smallest absolute Gasteiger partial charge is 0.414 e. The second-order valence-corrected chi connectivity index (χ2v) is 8.37. The fraction of sp³-hybridized carbons (Fsp3) is 0.154. The summed E-state index contributed by atoms with van der Waals surface area (Å²) in [7, 11) is 1.44. The Morgan fingerprint density at radius 1 is 1.05 bits per heavy atom. The number of rotatable bonds is 7. The molecule has 9 nitrogen and oxygen atoms in total. The Morgan fingerprint density at radius 2 is 1.81 bits per heavy atom. The monoisotopic (exact) mass is 505 g/mol. The number of carbonyl (C=O) groups is 1. The molecule has 0 saturated heterocycles. The van der Waals surface area contributed by atoms with Gasteiger partial charge in [-0.1, -0.05) is 24.3 Å². The molecule has 0 aliphatic rings. The number of fused-ring (bicyclic) bond motifs is 2. The molecular weight excluding hydrogens is 484 g/mol. The number of carboxylic acid groups (broad SMARTS) is 1. The summed E-state index contributed by atoms with van der Waals surface area (Å²) in [5.74, 6) is -1.34. The molecule has 3 aromatic carbocycles. The molecule has 37 heavy (non-hydrogen) atoms. The number of nitrogens with one attached hydrogen (secondary N) is 2. The summed E-state index contributed by atoms with van der Waals surface area (Å²) in [4.78, 5) is 31.7. The molecule has 0 unspecified atom stereocenters. The van der Waals surface area contributed by atoms with Crippen LogP contribution in [0, 0.1) is 11.6 Å². The minimum absolute atomic E-state index is 0.00125. The summed E-state index contributed by atoms with van der Waals surface area (Å²) >= 11 is 0. The van der Waals surface area contributed by atoms with Gasteiger partial charge in [-0.3, -0.25) is 4.79 Å². The molecule has 5 aromatic rings. The van der Waals surface area contributed by atoms with Crippen LogP contribution >= 0.6 is 0 Å². The molecule has 0 aliphatic heterocycles. The Kier molecular flexibility index (Phi) is 6.36. The van der Waals surface area contributed by atoms with Crippen LogP contribution in [-0.2, 0) is 11.2 Å². The molecule has 0 atom stereocenters. The van der Waals surface area contributed by atoms with Crippen molar-refractivity contribution in [2.75, 3.05) is 25.2 Å². The second-order valence-electron chi connectivity index (χ2n) is 8.37. The predicted molar refractivity (Wildman–Crippen MR) is 134 cm³/mol. The fourth-order valence-corrected chi connectivity index (χ4v) is 4.21. The van der Waals surface area contributed by atoms with Crippen molar-refractivity contribution in [3.63, 3.8) is 0 Å². The van der Waals surface area contributed by atoms with Gasteiger partial charge < -0.3 is 14.8 Å². The van der Waals surface area contributed by atoms with E-state index < -0.39 is 17.7 Å². The van der Waals surface area contributed by atoms with E-state index in [-0.39, 0.29) is 53.2 Å². The molecule has 3 N–H and O–H groups in total. The van der Waals surface area contributed by atoms with E-state index in [1.165, 1.54) is 25.3 Å². The summed E-state index contributed by atoms with van der Waals surface area (Å²) < 4.78 is 35.0. The third-order valence-corrected chi connectivity index (χ3v) is 6.03. The highest BCUT2D eigenvalue weighted by atomic mass is 19.1. The molecule has 0 spiro atoms. The predicted octanol–water partition coefficient (Wildman–Crippen LogP) is 4.47. The maximum absolute atomic E-state index is 15.2. The Bertz CT molecular complexity index is 1700. The number of amides is 1. The van der Waals surface area contributed by atoms with E-state index >= 15 is 4.39 Å². The van der Waals surface area contributed by atoms with Crippen molar-refractivity contribution in [3.8, 4) is 11.1 Å². The van der Waals surface area contributed by atoms with Crippen molar-refractivity contribution in [1.29, 1.82) is 0 Å². The lowest BCUT2D eigenvalue weighted by molar-refractivity contribution is 0.186. The number of ether oxygens (including phenoxy) is 1. The number of benzene rings is 3. The van der Waals surface area contributed by atoms with Gasteiger partial charge in [0.25, 0.3) is 5.56 Å². The zero-order valence-corrected chi connectivity index (χ0v) is 19.6. The first-order valence-corrected chi connectivity index (χ1v) is 11.3. The van der Waals surface area contributed by atoms with Gasteiger partial charge in [0.1, 0.15) is 11.6 Å². The average Bonchev–Trinajstić information content (AvgIpc) is 3.29. The van der Waals surface area contributed by atoms with Crippen molar-refractivity contribution >= 4 is 33.8 Å². The molecule has 0 bridgehead atoms. The van der Waals surface area contributed by atoms with Crippen LogP contribution in [0.1, 0.15) is 11.3 Å². The Hall–Kier alpha value is -4.64. The molecule has 188 valence electrons. The number of halogens is 2. The van der Waals surface area contributed by atoms with Gasteiger partial charge in [-0.05, 0) is 29.8 Å². The van der Waals surface area contributed by atoms with Crippen molar-refractivity contribution in [1.82, 2.24) is 20.2 Å². The maximum atomic E-state index is 15.2. The zero-order valence-electron chi connectivity index (χ0n) is 19.6. The molecule has 1 amide bonds. The molecule has 2 heterocycles. The number of aromatic nitrogens is 4. The third-order valence-electron chi connectivity index (χ3n) is 6.03. The molecule has 0 radical (unpaired) electrons. The van der Waals surface area contributed by atoms with E-state index in [1.54, 1.807) is 30.3 Å². The summed E-state index contributed by atoms with van der Waals surface area (Å²) in [6, 6.07) is 13.9. The van der Waals surface area contributed by atoms with Crippen molar-refractivity contribution in [2.24, 2.45) is 0 Å². The highest BCUT2D eigenvalue weighted by Gasteiger charge is 2.20. The third kappa shape index (κ3) is 4.64. The second kappa shape index (κ2) is 9.78.